The molecule has 1 N–H and O–H groups in total. The van der Waals surface area contributed by atoms with Gasteiger partial charge < -0.3 is 10.2 Å². The number of rotatable bonds is 11. The molecule has 1 aliphatic rings. The molecule has 0 spiro atoms. The number of halogens is 1. The maximum Gasteiger partial charge on any atom is 0.264 e. The van der Waals surface area contributed by atoms with Crippen LogP contribution in [0.3, 0.4) is 0 Å². The van der Waals surface area contributed by atoms with Gasteiger partial charge in [0.25, 0.3) is 10.0 Å². The smallest absolute Gasteiger partial charge is 0.264 e. The number of carbonyl (C=O) groups excluding carboxylic acids is 2. The van der Waals surface area contributed by atoms with E-state index in [2.05, 4.69) is 5.32 Å². The Bertz CT molecular complexity index is 1540. The molecule has 43 heavy (non-hydrogen) atoms. The summed E-state index contributed by atoms with van der Waals surface area (Å²) >= 11 is 6.44. The van der Waals surface area contributed by atoms with Crippen LogP contribution in [0.4, 0.5) is 5.69 Å². The highest BCUT2D eigenvalue weighted by atomic mass is 35.5. The van der Waals surface area contributed by atoms with Crippen LogP contribution < -0.4 is 9.62 Å². The van der Waals surface area contributed by atoms with E-state index in [0.717, 1.165) is 58.7 Å². The molecule has 3 aromatic carbocycles. The topological polar surface area (TPSA) is 86.8 Å². The summed E-state index contributed by atoms with van der Waals surface area (Å²) in [6.45, 7) is 7.23. The summed E-state index contributed by atoms with van der Waals surface area (Å²) in [5.41, 5.74) is 3.86. The van der Waals surface area contributed by atoms with Crippen LogP contribution in [0.2, 0.25) is 5.02 Å². The highest BCUT2D eigenvalue weighted by molar-refractivity contribution is 7.92. The molecule has 7 nitrogen and oxygen atoms in total. The third-order valence-electron chi connectivity index (χ3n) is 8.27. The molecule has 1 saturated carbocycles. The van der Waals surface area contributed by atoms with Crippen LogP contribution in [-0.2, 0) is 26.2 Å². The largest absolute Gasteiger partial charge is 0.352 e. The van der Waals surface area contributed by atoms with E-state index in [9.17, 15) is 18.0 Å². The summed E-state index contributed by atoms with van der Waals surface area (Å²) in [6, 6.07) is 18.5. The minimum atomic E-state index is -4.16. The van der Waals surface area contributed by atoms with Crippen LogP contribution in [0, 0.1) is 20.8 Å². The molecule has 0 unspecified atom stereocenters. The van der Waals surface area contributed by atoms with E-state index < -0.39 is 28.5 Å². The zero-order chi connectivity index (χ0) is 31.1. The number of anilines is 1. The number of nitrogens with zero attached hydrogens (tertiary/aromatic N) is 2. The van der Waals surface area contributed by atoms with Gasteiger partial charge in [0.2, 0.25) is 11.8 Å². The summed E-state index contributed by atoms with van der Waals surface area (Å²) < 4.78 is 29.3. The van der Waals surface area contributed by atoms with Crippen LogP contribution in [-0.4, -0.2) is 43.8 Å². The van der Waals surface area contributed by atoms with E-state index in [1.165, 1.54) is 17.0 Å². The second-order valence-corrected chi connectivity index (χ2v) is 13.7. The van der Waals surface area contributed by atoms with Crippen molar-refractivity contribution < 1.29 is 18.0 Å². The van der Waals surface area contributed by atoms with Gasteiger partial charge in [-0.1, -0.05) is 85.8 Å². The number of sulfonamides is 1. The quantitative estimate of drug-likeness (QED) is 0.257. The second kappa shape index (κ2) is 14.4. The lowest BCUT2D eigenvalue weighted by atomic mass is 9.95. The first-order valence-corrected chi connectivity index (χ1v) is 16.8. The normalized spacial score (nSPS) is 14.6. The first kappa shape index (κ1) is 32.6. The standard InChI is InChI=1S/C34H42ClN3O4S/c1-5-32(34(40)36-28-13-7-6-8-14-28)37(22-27-12-10-9-11-25(27)3)33(39)23-38(29-18-17-26(4)31(35)21-29)43(41,42)30-19-15-24(2)16-20-30/h9-12,15-21,28,32H,5-8,13-14,22-23H2,1-4H3,(H,36,40)/t32-/m0/s1. The molecule has 0 bridgehead atoms. The van der Waals surface area contributed by atoms with Gasteiger partial charge in [-0.25, -0.2) is 8.42 Å². The maximum absolute atomic E-state index is 14.3. The number of carbonyl (C=O) groups is 2. The molecular weight excluding hydrogens is 582 g/mol. The molecule has 0 heterocycles. The van der Waals surface area contributed by atoms with Crippen molar-refractivity contribution in [2.75, 3.05) is 10.8 Å². The van der Waals surface area contributed by atoms with E-state index >= 15 is 0 Å². The SMILES string of the molecule is CC[C@@H](C(=O)NC1CCCCC1)N(Cc1ccccc1C)C(=O)CN(c1ccc(C)c(Cl)c1)S(=O)(=O)c1ccc(C)cc1. The van der Waals surface area contributed by atoms with E-state index in [4.69, 9.17) is 11.6 Å². The van der Waals surface area contributed by atoms with Crippen LogP contribution in [0.25, 0.3) is 0 Å². The van der Waals surface area contributed by atoms with Gasteiger partial charge in [-0.05, 0) is 81.0 Å². The molecule has 1 fully saturated rings. The highest BCUT2D eigenvalue weighted by Crippen LogP contribution is 2.29. The lowest BCUT2D eigenvalue weighted by Crippen LogP contribution is -2.54. The fourth-order valence-corrected chi connectivity index (χ4v) is 7.12. The average molecular weight is 624 g/mol. The van der Waals surface area contributed by atoms with Crippen molar-refractivity contribution in [3.8, 4) is 0 Å². The van der Waals surface area contributed by atoms with Crippen molar-refractivity contribution in [2.45, 2.75) is 89.7 Å². The zero-order valence-corrected chi connectivity index (χ0v) is 27.0. The Morgan fingerprint density at radius 1 is 0.930 bits per heavy atom. The van der Waals surface area contributed by atoms with Crippen molar-refractivity contribution in [1.82, 2.24) is 10.2 Å². The van der Waals surface area contributed by atoms with E-state index in [1.54, 1.807) is 30.3 Å². The first-order chi connectivity index (χ1) is 20.5. The third kappa shape index (κ3) is 7.98. The number of hydrogen-bond acceptors (Lipinski definition) is 4. The Hall–Kier alpha value is -3.36. The highest BCUT2D eigenvalue weighted by Gasteiger charge is 2.34. The van der Waals surface area contributed by atoms with E-state index in [1.807, 2.05) is 52.0 Å². The molecule has 4 rings (SSSR count). The molecule has 230 valence electrons. The van der Waals surface area contributed by atoms with Gasteiger partial charge >= 0.3 is 0 Å². The van der Waals surface area contributed by atoms with Crippen molar-refractivity contribution >= 4 is 39.1 Å². The molecular formula is C34H42ClN3O4S. The molecule has 9 heteroatoms. The Kier molecular flexibility index (Phi) is 10.9. The van der Waals surface area contributed by atoms with Crippen LogP contribution in [0.1, 0.15) is 67.7 Å². The predicted octanol–water partition coefficient (Wildman–Crippen LogP) is 6.72. The minimum Gasteiger partial charge on any atom is -0.352 e. The van der Waals surface area contributed by atoms with E-state index in [0.29, 0.717) is 11.4 Å². The molecule has 3 aromatic rings. The van der Waals surface area contributed by atoms with Crippen molar-refractivity contribution in [3.63, 3.8) is 0 Å². The molecule has 0 radical (unpaired) electrons. The number of nitrogens with one attached hydrogen (secondary N) is 1. The van der Waals surface area contributed by atoms with Crippen molar-refractivity contribution in [1.29, 1.82) is 0 Å². The van der Waals surface area contributed by atoms with Gasteiger partial charge in [-0.2, -0.15) is 0 Å². The third-order valence-corrected chi connectivity index (χ3v) is 10.5. The van der Waals surface area contributed by atoms with Gasteiger partial charge in [-0.15, -0.1) is 0 Å². The zero-order valence-electron chi connectivity index (χ0n) is 25.5. The molecule has 0 saturated heterocycles. The number of hydrogen-bond donors (Lipinski definition) is 1. The van der Waals surface area contributed by atoms with Gasteiger partial charge in [0.1, 0.15) is 12.6 Å². The fraction of sp³-hybridized carbons (Fsp3) is 0.412. The summed E-state index contributed by atoms with van der Waals surface area (Å²) in [7, 11) is -4.16. The van der Waals surface area contributed by atoms with Crippen LogP contribution in [0.5, 0.6) is 0 Å². The van der Waals surface area contributed by atoms with E-state index in [-0.39, 0.29) is 29.1 Å². The Balaban J connectivity index is 1.73. The monoisotopic (exact) mass is 623 g/mol. The minimum absolute atomic E-state index is 0.0649. The molecule has 0 aromatic heterocycles. The number of amides is 2. The lowest BCUT2D eigenvalue weighted by molar-refractivity contribution is -0.140. The maximum atomic E-state index is 14.3. The van der Waals surface area contributed by atoms with Gasteiger partial charge in [0, 0.05) is 17.6 Å². The lowest BCUT2D eigenvalue weighted by Gasteiger charge is -2.34. The Morgan fingerprint density at radius 2 is 1.60 bits per heavy atom. The molecule has 1 aliphatic carbocycles. The van der Waals surface area contributed by atoms with Crippen LogP contribution >= 0.6 is 11.6 Å². The Labute approximate surface area is 261 Å². The predicted molar refractivity (Wildman–Crippen MR) is 173 cm³/mol. The van der Waals surface area contributed by atoms with Gasteiger partial charge in [0.15, 0.2) is 0 Å². The fourth-order valence-electron chi connectivity index (χ4n) is 5.54. The number of aryl methyl sites for hydroxylation is 3. The Morgan fingerprint density at radius 3 is 2.23 bits per heavy atom. The summed E-state index contributed by atoms with van der Waals surface area (Å²) in [5, 5.41) is 3.58. The van der Waals surface area contributed by atoms with Gasteiger partial charge in [-0.3, -0.25) is 13.9 Å². The molecule has 1 atom stereocenters. The van der Waals surface area contributed by atoms with Gasteiger partial charge in [0.05, 0.1) is 10.6 Å². The van der Waals surface area contributed by atoms with Crippen LogP contribution in [0.15, 0.2) is 71.6 Å². The summed E-state index contributed by atoms with van der Waals surface area (Å²) in [6.07, 6.45) is 5.53. The molecule has 0 aliphatic heterocycles. The first-order valence-electron chi connectivity index (χ1n) is 15.0. The molecule has 2 amide bonds. The average Bonchev–Trinajstić information content (AvgIpc) is 2.98. The summed E-state index contributed by atoms with van der Waals surface area (Å²) in [4.78, 5) is 29.6. The second-order valence-electron chi connectivity index (χ2n) is 11.5. The number of benzene rings is 3. The van der Waals surface area contributed by atoms with Crippen molar-refractivity contribution in [3.05, 3.63) is 94.0 Å². The summed E-state index contributed by atoms with van der Waals surface area (Å²) in [5.74, 6) is -0.677. The van der Waals surface area contributed by atoms with Crippen molar-refractivity contribution in [2.24, 2.45) is 0 Å².